The van der Waals surface area contributed by atoms with Gasteiger partial charge in [0.05, 0.1) is 4.90 Å². The third-order valence-electron chi connectivity index (χ3n) is 2.89. The van der Waals surface area contributed by atoms with Gasteiger partial charge in [-0.25, -0.2) is 17.9 Å². The molecule has 21 heavy (non-hydrogen) atoms. The molecule has 0 unspecified atom stereocenters. The number of pyridine rings is 1. The molecular formula is C13H14N2O4S2. The Morgan fingerprint density at radius 1 is 1.48 bits per heavy atom. The number of rotatable bonds is 5. The highest BCUT2D eigenvalue weighted by molar-refractivity contribution is 7.89. The summed E-state index contributed by atoms with van der Waals surface area (Å²) in [6.07, 6.45) is 3.18. The minimum Gasteiger partial charge on any atom is -0.477 e. The molecule has 1 atom stereocenters. The minimum absolute atomic E-state index is 0.000593. The summed E-state index contributed by atoms with van der Waals surface area (Å²) in [7, 11) is -3.78. The minimum atomic E-state index is -3.78. The smallest absolute Gasteiger partial charge is 0.345 e. The molecule has 2 aromatic heterocycles. The zero-order chi connectivity index (χ0) is 15.6. The first kappa shape index (κ1) is 15.6. The Labute approximate surface area is 126 Å². The van der Waals surface area contributed by atoms with Crippen molar-refractivity contribution in [3.05, 3.63) is 45.9 Å². The first-order chi connectivity index (χ1) is 9.81. The van der Waals surface area contributed by atoms with Gasteiger partial charge >= 0.3 is 5.97 Å². The summed E-state index contributed by atoms with van der Waals surface area (Å²) in [5.41, 5.74) is 0.729. The number of carboxylic acid groups (broad SMARTS) is 1. The van der Waals surface area contributed by atoms with Crippen LogP contribution in [0.25, 0.3) is 0 Å². The third kappa shape index (κ3) is 3.46. The van der Waals surface area contributed by atoms with Crippen molar-refractivity contribution < 1.29 is 18.3 Å². The average Bonchev–Trinajstić information content (AvgIpc) is 2.82. The number of aryl methyl sites for hydroxylation is 1. The molecule has 8 heteroatoms. The summed E-state index contributed by atoms with van der Waals surface area (Å²) in [5.74, 6) is -1.13. The van der Waals surface area contributed by atoms with Crippen molar-refractivity contribution in [1.29, 1.82) is 0 Å². The van der Waals surface area contributed by atoms with Gasteiger partial charge in [-0.1, -0.05) is 6.07 Å². The fourth-order valence-corrected chi connectivity index (χ4v) is 4.50. The highest BCUT2D eigenvalue weighted by Gasteiger charge is 2.24. The van der Waals surface area contributed by atoms with E-state index in [-0.39, 0.29) is 9.77 Å². The fraction of sp³-hybridized carbons (Fsp3) is 0.231. The van der Waals surface area contributed by atoms with Gasteiger partial charge in [-0.2, -0.15) is 0 Å². The van der Waals surface area contributed by atoms with Crippen LogP contribution < -0.4 is 4.72 Å². The van der Waals surface area contributed by atoms with E-state index in [0.29, 0.717) is 4.88 Å². The van der Waals surface area contributed by atoms with Crippen molar-refractivity contribution in [3.8, 4) is 0 Å². The van der Waals surface area contributed by atoms with E-state index in [2.05, 4.69) is 9.71 Å². The second kappa shape index (κ2) is 5.92. The van der Waals surface area contributed by atoms with Gasteiger partial charge < -0.3 is 5.11 Å². The summed E-state index contributed by atoms with van der Waals surface area (Å²) in [4.78, 5) is 15.3. The molecule has 0 aliphatic carbocycles. The summed E-state index contributed by atoms with van der Waals surface area (Å²) < 4.78 is 27.2. The van der Waals surface area contributed by atoms with Crippen LogP contribution in [0.1, 0.15) is 33.1 Å². The number of nitrogens with one attached hydrogen (secondary N) is 1. The quantitative estimate of drug-likeness (QED) is 0.878. The number of aromatic nitrogens is 1. The van der Waals surface area contributed by atoms with Crippen LogP contribution >= 0.6 is 11.3 Å². The molecule has 0 bridgehead atoms. The maximum atomic E-state index is 12.4. The first-order valence-electron chi connectivity index (χ1n) is 6.07. The van der Waals surface area contributed by atoms with Crippen molar-refractivity contribution in [2.75, 3.05) is 0 Å². The van der Waals surface area contributed by atoms with Crippen LogP contribution in [0, 0.1) is 6.92 Å². The van der Waals surface area contributed by atoms with Crippen molar-refractivity contribution in [1.82, 2.24) is 9.71 Å². The van der Waals surface area contributed by atoms with Crippen LogP contribution in [0.2, 0.25) is 0 Å². The van der Waals surface area contributed by atoms with Crippen LogP contribution in [0.3, 0.4) is 0 Å². The van der Waals surface area contributed by atoms with E-state index in [9.17, 15) is 13.2 Å². The Kier molecular flexibility index (Phi) is 4.40. The maximum Gasteiger partial charge on any atom is 0.345 e. The molecule has 0 aromatic carbocycles. The number of thiophene rings is 1. The topological polar surface area (TPSA) is 96.4 Å². The number of sulfonamides is 1. The molecule has 0 aliphatic rings. The van der Waals surface area contributed by atoms with E-state index in [0.717, 1.165) is 16.9 Å². The summed E-state index contributed by atoms with van der Waals surface area (Å²) >= 11 is 0.941. The largest absolute Gasteiger partial charge is 0.477 e. The molecule has 2 aromatic rings. The molecule has 2 heterocycles. The van der Waals surface area contributed by atoms with E-state index in [1.807, 2.05) is 0 Å². The normalized spacial score (nSPS) is 13.0. The molecule has 0 saturated heterocycles. The van der Waals surface area contributed by atoms with Gasteiger partial charge in [-0.15, -0.1) is 11.3 Å². The van der Waals surface area contributed by atoms with Crippen molar-refractivity contribution in [2.45, 2.75) is 24.8 Å². The van der Waals surface area contributed by atoms with Crippen LogP contribution in [-0.4, -0.2) is 24.5 Å². The third-order valence-corrected chi connectivity index (χ3v) is 5.72. The van der Waals surface area contributed by atoms with Gasteiger partial charge in [-0.3, -0.25) is 4.98 Å². The number of carbonyl (C=O) groups is 1. The molecule has 0 fully saturated rings. The Bertz CT molecular complexity index is 754. The Balaban J connectivity index is 2.29. The molecule has 0 aliphatic heterocycles. The van der Waals surface area contributed by atoms with Crippen molar-refractivity contribution >= 4 is 27.3 Å². The molecule has 0 spiro atoms. The maximum absolute atomic E-state index is 12.4. The molecule has 0 amide bonds. The van der Waals surface area contributed by atoms with Crippen molar-refractivity contribution in [3.63, 3.8) is 0 Å². The Morgan fingerprint density at radius 3 is 2.71 bits per heavy atom. The number of carboxylic acids is 1. The average molecular weight is 326 g/mol. The van der Waals surface area contributed by atoms with Crippen LogP contribution in [0.4, 0.5) is 0 Å². The summed E-state index contributed by atoms with van der Waals surface area (Å²) in [6, 6.07) is 4.21. The molecule has 112 valence electrons. The second-order valence-corrected chi connectivity index (χ2v) is 7.40. The number of hydrogen-bond acceptors (Lipinski definition) is 5. The van der Waals surface area contributed by atoms with Gasteiger partial charge in [-0.05, 0) is 31.5 Å². The van der Waals surface area contributed by atoms with E-state index in [1.165, 1.54) is 6.07 Å². The zero-order valence-electron chi connectivity index (χ0n) is 11.4. The van der Waals surface area contributed by atoms with Crippen LogP contribution in [0.15, 0.2) is 35.5 Å². The SMILES string of the molecule is Cc1sc(C(=O)O)cc1S(=O)(=O)N[C@H](C)c1cccnc1. The number of aromatic carboxylic acids is 1. The lowest BCUT2D eigenvalue weighted by molar-refractivity contribution is 0.0702. The standard InChI is InChI=1S/C13H14N2O4S2/c1-8(10-4-3-5-14-7-10)15-21(18,19)12-6-11(13(16)17)20-9(12)2/h3-8,15H,1-2H3,(H,16,17)/t8-/m1/s1. The first-order valence-corrected chi connectivity index (χ1v) is 8.37. The molecule has 2 N–H and O–H groups in total. The van der Waals surface area contributed by atoms with Gasteiger partial charge in [0.25, 0.3) is 0 Å². The van der Waals surface area contributed by atoms with Gasteiger partial charge in [0.2, 0.25) is 10.0 Å². The molecule has 2 rings (SSSR count). The molecular weight excluding hydrogens is 312 g/mol. The summed E-state index contributed by atoms with van der Waals surface area (Å²) in [5, 5.41) is 8.94. The molecule has 6 nitrogen and oxygen atoms in total. The fourth-order valence-electron chi connectivity index (χ4n) is 1.83. The zero-order valence-corrected chi connectivity index (χ0v) is 13.0. The predicted octanol–water partition coefficient (Wildman–Crippen LogP) is 2.19. The van der Waals surface area contributed by atoms with E-state index in [1.54, 1.807) is 38.4 Å². The Hall–Kier alpha value is -1.77. The van der Waals surface area contributed by atoms with Crippen LogP contribution in [0.5, 0.6) is 0 Å². The molecule has 0 radical (unpaired) electrons. The lowest BCUT2D eigenvalue weighted by Crippen LogP contribution is -2.27. The van der Waals surface area contributed by atoms with Gasteiger partial charge in [0, 0.05) is 23.3 Å². The van der Waals surface area contributed by atoms with Gasteiger partial charge in [0.1, 0.15) is 4.88 Å². The molecule has 0 saturated carbocycles. The van der Waals surface area contributed by atoms with Crippen molar-refractivity contribution in [2.24, 2.45) is 0 Å². The van der Waals surface area contributed by atoms with E-state index in [4.69, 9.17) is 5.11 Å². The second-order valence-electron chi connectivity index (χ2n) is 4.47. The Morgan fingerprint density at radius 2 is 2.19 bits per heavy atom. The number of nitrogens with zero attached hydrogens (tertiary/aromatic N) is 1. The van der Waals surface area contributed by atoms with Gasteiger partial charge in [0.15, 0.2) is 0 Å². The van der Waals surface area contributed by atoms with E-state index < -0.39 is 22.0 Å². The van der Waals surface area contributed by atoms with Crippen LogP contribution in [-0.2, 0) is 10.0 Å². The highest BCUT2D eigenvalue weighted by Crippen LogP contribution is 2.27. The van der Waals surface area contributed by atoms with E-state index >= 15 is 0 Å². The highest BCUT2D eigenvalue weighted by atomic mass is 32.2. The predicted molar refractivity (Wildman–Crippen MR) is 79.0 cm³/mol. The monoisotopic (exact) mass is 326 g/mol. The lowest BCUT2D eigenvalue weighted by atomic mass is 10.2. The lowest BCUT2D eigenvalue weighted by Gasteiger charge is -2.13. The summed E-state index contributed by atoms with van der Waals surface area (Å²) in [6.45, 7) is 3.29. The number of hydrogen-bond donors (Lipinski definition) is 2.